The maximum Gasteiger partial charge on any atom is 0.0693 e. The zero-order valence-corrected chi connectivity index (χ0v) is 19.3. The first-order chi connectivity index (χ1) is 13.8. The number of hydrogen-bond acceptors (Lipinski definition) is 1. The van der Waals surface area contributed by atoms with Crippen molar-refractivity contribution < 1.29 is 5.11 Å². The third kappa shape index (κ3) is 5.02. The summed E-state index contributed by atoms with van der Waals surface area (Å²) >= 11 is 0. The smallest absolute Gasteiger partial charge is 0.0693 e. The number of hydrogen-bond donors (Lipinski definition) is 2. The van der Waals surface area contributed by atoms with Gasteiger partial charge in [0.15, 0.2) is 0 Å². The highest BCUT2D eigenvalue weighted by atomic mass is 16.2. The molecule has 1 atom stereocenters. The van der Waals surface area contributed by atoms with Gasteiger partial charge in [-0.3, -0.25) is 4.68 Å². The molecule has 0 amide bonds. The van der Waals surface area contributed by atoms with E-state index in [1.165, 1.54) is 16.8 Å². The van der Waals surface area contributed by atoms with Gasteiger partial charge in [0.1, 0.15) is 0 Å². The van der Waals surface area contributed by atoms with Crippen LogP contribution in [0.1, 0.15) is 100.0 Å². The quantitative estimate of drug-likeness (QED) is 0.494. The number of benzene rings is 2. The molecule has 1 aliphatic rings. The molecule has 0 aliphatic heterocycles. The van der Waals surface area contributed by atoms with Crippen LogP contribution in [0.25, 0.3) is 5.69 Å². The Bertz CT molecular complexity index is 864. The Balaban J connectivity index is 0.000000201. The van der Waals surface area contributed by atoms with Crippen molar-refractivity contribution in [3.05, 3.63) is 76.6 Å². The molecule has 0 bridgehead atoms. The molecule has 0 saturated carbocycles. The summed E-state index contributed by atoms with van der Waals surface area (Å²) in [6.45, 7) is 15.8. The van der Waals surface area contributed by atoms with Gasteiger partial charge in [-0.05, 0) is 45.6 Å². The summed E-state index contributed by atoms with van der Waals surface area (Å²) in [4.78, 5) is 0. The molecular weight excluding hydrogens is 356 g/mol. The number of rotatable bonds is 4. The van der Waals surface area contributed by atoms with E-state index in [-0.39, 0.29) is 0 Å². The lowest BCUT2D eigenvalue weighted by molar-refractivity contribution is 0.399. The van der Waals surface area contributed by atoms with Gasteiger partial charge in [-0.15, -0.1) is 0 Å². The number of para-hydroxylation sites is 1. The summed E-state index contributed by atoms with van der Waals surface area (Å²) in [7, 11) is 1.00. The Morgan fingerprint density at radius 1 is 0.793 bits per heavy atom. The molecule has 1 aromatic heterocycles. The van der Waals surface area contributed by atoms with Gasteiger partial charge in [-0.1, -0.05) is 84.9 Å². The first kappa shape index (κ1) is 23.0. The maximum absolute atomic E-state index is 7.00. The first-order valence-electron chi connectivity index (χ1n) is 10.7. The highest BCUT2D eigenvalue weighted by molar-refractivity contribution is 5.57. The highest BCUT2D eigenvalue weighted by Gasteiger charge is 2.30. The lowest BCUT2D eigenvalue weighted by atomic mass is 9.92. The van der Waals surface area contributed by atoms with Crippen LogP contribution in [-0.4, -0.2) is 22.0 Å². The maximum atomic E-state index is 7.00. The van der Waals surface area contributed by atoms with E-state index in [1.54, 1.807) is 16.7 Å². The van der Waals surface area contributed by atoms with Crippen LogP contribution in [0.3, 0.4) is 0 Å². The molecule has 4 rings (SSSR count). The number of nitrogens with zero attached hydrogens (tertiary/aromatic N) is 1. The van der Waals surface area contributed by atoms with Crippen molar-refractivity contribution in [1.29, 1.82) is 0 Å². The zero-order chi connectivity index (χ0) is 21.7. The minimum atomic E-state index is 0.546. The van der Waals surface area contributed by atoms with Crippen LogP contribution in [0.15, 0.2) is 48.8 Å². The van der Waals surface area contributed by atoms with Gasteiger partial charge in [0.05, 0.1) is 5.69 Å². The Hall–Kier alpha value is -2.26. The largest absolute Gasteiger partial charge is 0.400 e. The van der Waals surface area contributed by atoms with Crippen molar-refractivity contribution in [1.82, 2.24) is 9.78 Å². The van der Waals surface area contributed by atoms with Crippen molar-refractivity contribution >= 4 is 0 Å². The Morgan fingerprint density at radius 3 is 1.62 bits per heavy atom. The van der Waals surface area contributed by atoms with Crippen molar-refractivity contribution in [2.24, 2.45) is 0 Å². The SMILES string of the molecule is CC(C)c1cccc(C(C)C)c1-n1cc[nH]1.CC(C)c1cccc2c1C2C.CO. The van der Waals surface area contributed by atoms with Crippen LogP contribution >= 0.6 is 0 Å². The summed E-state index contributed by atoms with van der Waals surface area (Å²) in [5.74, 6) is 2.53. The summed E-state index contributed by atoms with van der Waals surface area (Å²) in [6.07, 6.45) is 4.04. The molecule has 3 aromatic rings. The number of aliphatic hydroxyl groups excluding tert-OH is 1. The monoisotopic (exact) mass is 394 g/mol. The average molecular weight is 395 g/mol. The third-order valence-electron chi connectivity index (χ3n) is 5.63. The molecule has 3 heteroatoms. The Kier molecular flexibility index (Phi) is 7.92. The van der Waals surface area contributed by atoms with E-state index in [0.29, 0.717) is 17.8 Å². The number of aromatic amines is 1. The molecule has 0 saturated heterocycles. The van der Waals surface area contributed by atoms with Crippen LogP contribution in [-0.2, 0) is 0 Å². The molecule has 2 aromatic carbocycles. The van der Waals surface area contributed by atoms with Crippen molar-refractivity contribution in [2.75, 3.05) is 7.11 Å². The Morgan fingerprint density at radius 2 is 1.24 bits per heavy atom. The van der Waals surface area contributed by atoms with Gasteiger partial charge in [-0.25, -0.2) is 0 Å². The van der Waals surface area contributed by atoms with Crippen LogP contribution in [0, 0.1) is 0 Å². The Labute approximate surface area is 176 Å². The minimum Gasteiger partial charge on any atom is -0.400 e. The fraction of sp³-hybridized carbons (Fsp3) is 0.462. The second kappa shape index (κ2) is 9.98. The standard InChI is InChI=1S/C14H20N2.C11H14.CH4O/c1-10(2)12-6-5-7-13(11(3)4)14(12)16-9-8-15-16;1-7(2)9-5-4-6-10-8(3)11(9)10;1-2/h5-11,15H,1-4H3;4-8H,1-3H3;2H,1H3. The molecular formula is C26H38N2O. The summed E-state index contributed by atoms with van der Waals surface area (Å²) < 4.78 is 2.12. The van der Waals surface area contributed by atoms with Crippen LogP contribution in [0.5, 0.6) is 0 Å². The van der Waals surface area contributed by atoms with Crippen LogP contribution < -0.4 is 0 Å². The molecule has 3 nitrogen and oxygen atoms in total. The average Bonchev–Trinajstić information content (AvgIpc) is 3.32. The van der Waals surface area contributed by atoms with Gasteiger partial charge in [0.2, 0.25) is 0 Å². The number of aliphatic hydroxyl groups is 1. The van der Waals surface area contributed by atoms with Crippen molar-refractivity contribution in [3.63, 3.8) is 0 Å². The number of nitrogens with one attached hydrogen (secondary N) is 1. The molecule has 0 radical (unpaired) electrons. The van der Waals surface area contributed by atoms with Crippen molar-refractivity contribution in [3.8, 4) is 5.69 Å². The summed E-state index contributed by atoms with van der Waals surface area (Å²) in [5.41, 5.74) is 8.87. The predicted molar refractivity (Wildman–Crippen MR) is 124 cm³/mol. The number of aromatic nitrogens is 2. The molecule has 158 valence electrons. The molecule has 1 unspecified atom stereocenters. The third-order valence-corrected chi connectivity index (χ3v) is 5.63. The van der Waals surface area contributed by atoms with Crippen LogP contribution in [0.2, 0.25) is 0 Å². The van der Waals surface area contributed by atoms with E-state index in [1.807, 2.05) is 6.20 Å². The van der Waals surface area contributed by atoms with E-state index in [2.05, 4.69) is 101 Å². The molecule has 1 aliphatic carbocycles. The first-order valence-corrected chi connectivity index (χ1v) is 10.7. The van der Waals surface area contributed by atoms with E-state index in [4.69, 9.17) is 5.11 Å². The number of H-pyrrole nitrogens is 1. The molecule has 1 heterocycles. The second-order valence-corrected chi connectivity index (χ2v) is 8.64. The van der Waals surface area contributed by atoms with Gasteiger partial charge in [-0.2, -0.15) is 0 Å². The zero-order valence-electron chi connectivity index (χ0n) is 19.3. The fourth-order valence-electron chi connectivity index (χ4n) is 3.94. The van der Waals surface area contributed by atoms with E-state index < -0.39 is 0 Å². The minimum absolute atomic E-state index is 0.546. The van der Waals surface area contributed by atoms with Crippen molar-refractivity contribution in [2.45, 2.75) is 72.1 Å². The van der Waals surface area contributed by atoms with E-state index >= 15 is 0 Å². The molecule has 0 spiro atoms. The summed E-state index contributed by atoms with van der Waals surface area (Å²) in [6, 6.07) is 13.3. The fourth-order valence-corrected chi connectivity index (χ4v) is 3.94. The molecule has 2 N–H and O–H groups in total. The van der Waals surface area contributed by atoms with Gasteiger partial charge in [0, 0.05) is 25.4 Å². The van der Waals surface area contributed by atoms with Gasteiger partial charge < -0.3 is 10.2 Å². The van der Waals surface area contributed by atoms with Gasteiger partial charge >= 0.3 is 0 Å². The number of fused-ring (bicyclic) bond motifs is 1. The second-order valence-electron chi connectivity index (χ2n) is 8.64. The summed E-state index contributed by atoms with van der Waals surface area (Å²) in [5, 5.41) is 10.2. The van der Waals surface area contributed by atoms with E-state index in [9.17, 15) is 0 Å². The molecule has 0 fully saturated rings. The predicted octanol–water partition coefficient (Wildman–Crippen LogP) is 6.94. The molecule has 29 heavy (non-hydrogen) atoms. The normalized spacial score (nSPS) is 14.3. The topological polar surface area (TPSA) is 41.0 Å². The van der Waals surface area contributed by atoms with E-state index in [0.717, 1.165) is 13.0 Å². The lowest BCUT2D eigenvalue weighted by Gasteiger charge is -2.22. The van der Waals surface area contributed by atoms with Gasteiger partial charge in [0.25, 0.3) is 0 Å². The van der Waals surface area contributed by atoms with Crippen LogP contribution in [0.4, 0.5) is 0 Å². The lowest BCUT2D eigenvalue weighted by Crippen LogP contribution is -2.11. The highest BCUT2D eigenvalue weighted by Crippen LogP contribution is 2.46.